The average molecular weight is 369 g/mol. The summed E-state index contributed by atoms with van der Waals surface area (Å²) in [7, 11) is -1.92. The van der Waals surface area contributed by atoms with Gasteiger partial charge in [-0.15, -0.1) is 0 Å². The molecule has 1 heterocycles. The van der Waals surface area contributed by atoms with Crippen molar-refractivity contribution in [2.45, 2.75) is 45.1 Å². The van der Waals surface area contributed by atoms with Crippen molar-refractivity contribution < 1.29 is 13.2 Å². The molecule has 1 amide bonds. The molecule has 0 unspecified atom stereocenters. The van der Waals surface area contributed by atoms with Crippen molar-refractivity contribution in [3.8, 4) is 0 Å². The number of carbonyl (C=O) groups is 1. The molecule has 0 radical (unpaired) electrons. The van der Waals surface area contributed by atoms with Gasteiger partial charge in [0.15, 0.2) is 0 Å². The van der Waals surface area contributed by atoms with Crippen LogP contribution in [-0.2, 0) is 21.2 Å². The van der Waals surface area contributed by atoms with Crippen LogP contribution < -0.4 is 15.4 Å². The molecule has 1 aliphatic carbocycles. The topological polar surface area (TPSA) is 113 Å². The number of hydrogen-bond acceptors (Lipinski definition) is 6. The standard InChI is InChI=1S/C16H27N5O3S/c1-3-12-10-19-16(20-11-12)21-14-6-4-13(5-7-14)15(22)18-8-9-25(23,24)17-2/h10-11,13-14,17H,3-9H2,1-2H3,(H,18,22)(H,19,20,21). The third-order valence-corrected chi connectivity index (χ3v) is 5.89. The lowest BCUT2D eigenvalue weighted by atomic mass is 9.85. The molecule has 0 aromatic carbocycles. The van der Waals surface area contributed by atoms with Crippen molar-refractivity contribution in [3.05, 3.63) is 18.0 Å². The highest BCUT2D eigenvalue weighted by Gasteiger charge is 2.26. The van der Waals surface area contributed by atoms with Crippen LogP contribution in [0, 0.1) is 5.92 Å². The van der Waals surface area contributed by atoms with Crippen LogP contribution in [0.4, 0.5) is 5.95 Å². The van der Waals surface area contributed by atoms with Gasteiger partial charge in [-0.3, -0.25) is 4.79 Å². The fourth-order valence-corrected chi connectivity index (χ4v) is 3.42. The number of carbonyl (C=O) groups excluding carboxylic acids is 1. The summed E-state index contributed by atoms with van der Waals surface area (Å²) in [5.74, 6) is 0.409. The maximum Gasteiger partial charge on any atom is 0.223 e. The molecule has 2 rings (SSSR count). The Morgan fingerprint density at radius 1 is 1.20 bits per heavy atom. The largest absolute Gasteiger partial charge is 0.355 e. The van der Waals surface area contributed by atoms with Crippen molar-refractivity contribution in [3.63, 3.8) is 0 Å². The van der Waals surface area contributed by atoms with Gasteiger partial charge in [0.05, 0.1) is 5.75 Å². The van der Waals surface area contributed by atoms with Gasteiger partial charge in [-0.1, -0.05) is 6.92 Å². The molecule has 0 atom stereocenters. The van der Waals surface area contributed by atoms with E-state index in [2.05, 4.69) is 32.2 Å². The van der Waals surface area contributed by atoms with E-state index in [-0.39, 0.29) is 30.2 Å². The SMILES string of the molecule is CCc1cnc(NC2CCC(C(=O)NCCS(=O)(=O)NC)CC2)nc1. The Labute approximate surface area is 149 Å². The predicted molar refractivity (Wildman–Crippen MR) is 96.6 cm³/mol. The summed E-state index contributed by atoms with van der Waals surface area (Å²) in [5.41, 5.74) is 1.10. The summed E-state index contributed by atoms with van der Waals surface area (Å²) in [6.07, 6.45) is 7.85. The number of rotatable bonds is 8. The van der Waals surface area contributed by atoms with Crippen LogP contribution in [0.3, 0.4) is 0 Å². The molecule has 1 fully saturated rings. The first kappa shape index (κ1) is 19.6. The van der Waals surface area contributed by atoms with E-state index in [0.29, 0.717) is 5.95 Å². The lowest BCUT2D eigenvalue weighted by Gasteiger charge is -2.28. The Balaban J connectivity index is 1.72. The molecule has 25 heavy (non-hydrogen) atoms. The molecule has 140 valence electrons. The van der Waals surface area contributed by atoms with Crippen LogP contribution in [0.5, 0.6) is 0 Å². The summed E-state index contributed by atoms with van der Waals surface area (Å²) >= 11 is 0. The molecule has 0 spiro atoms. The molecular weight excluding hydrogens is 342 g/mol. The zero-order valence-electron chi connectivity index (χ0n) is 14.8. The van der Waals surface area contributed by atoms with E-state index in [9.17, 15) is 13.2 Å². The Morgan fingerprint density at radius 2 is 1.84 bits per heavy atom. The van der Waals surface area contributed by atoms with Gasteiger partial charge in [0.2, 0.25) is 21.9 Å². The van der Waals surface area contributed by atoms with Crippen LogP contribution in [0.1, 0.15) is 38.2 Å². The molecule has 1 aliphatic rings. The highest BCUT2D eigenvalue weighted by molar-refractivity contribution is 7.89. The van der Waals surface area contributed by atoms with Crippen molar-refractivity contribution in [1.82, 2.24) is 20.0 Å². The van der Waals surface area contributed by atoms with E-state index in [4.69, 9.17) is 0 Å². The number of nitrogens with zero attached hydrogens (tertiary/aromatic N) is 2. The van der Waals surface area contributed by atoms with Crippen molar-refractivity contribution >= 4 is 21.9 Å². The van der Waals surface area contributed by atoms with Gasteiger partial charge < -0.3 is 10.6 Å². The maximum absolute atomic E-state index is 12.1. The molecule has 9 heteroatoms. The normalized spacial score (nSPS) is 20.9. The van der Waals surface area contributed by atoms with Gasteiger partial charge in [0, 0.05) is 30.9 Å². The van der Waals surface area contributed by atoms with E-state index in [0.717, 1.165) is 37.7 Å². The number of sulfonamides is 1. The second-order valence-corrected chi connectivity index (χ2v) is 8.32. The maximum atomic E-state index is 12.1. The number of aromatic nitrogens is 2. The van der Waals surface area contributed by atoms with E-state index in [1.807, 2.05) is 12.4 Å². The third kappa shape index (κ3) is 6.24. The molecule has 0 aliphatic heterocycles. The molecule has 1 aromatic heterocycles. The third-order valence-electron chi connectivity index (χ3n) is 4.53. The molecule has 1 aromatic rings. The molecule has 0 saturated heterocycles. The highest BCUT2D eigenvalue weighted by atomic mass is 32.2. The minimum Gasteiger partial charge on any atom is -0.355 e. The summed E-state index contributed by atoms with van der Waals surface area (Å²) in [4.78, 5) is 20.7. The van der Waals surface area contributed by atoms with Gasteiger partial charge in [-0.2, -0.15) is 0 Å². The van der Waals surface area contributed by atoms with E-state index >= 15 is 0 Å². The van der Waals surface area contributed by atoms with Crippen molar-refractivity contribution in [1.29, 1.82) is 0 Å². The molecule has 0 bridgehead atoms. The second-order valence-electron chi connectivity index (χ2n) is 6.28. The summed E-state index contributed by atoms with van der Waals surface area (Å²) in [6.45, 7) is 2.20. The molecule has 3 N–H and O–H groups in total. The summed E-state index contributed by atoms with van der Waals surface area (Å²) < 4.78 is 24.9. The minimum atomic E-state index is -3.28. The van der Waals surface area contributed by atoms with Crippen LogP contribution in [0.2, 0.25) is 0 Å². The fourth-order valence-electron chi connectivity index (χ4n) is 2.85. The molecule has 8 nitrogen and oxygen atoms in total. The minimum absolute atomic E-state index is 0.0567. The van der Waals surface area contributed by atoms with Crippen LogP contribution in [-0.4, -0.2) is 49.7 Å². The van der Waals surface area contributed by atoms with Crippen LogP contribution in [0.15, 0.2) is 12.4 Å². The number of anilines is 1. The highest BCUT2D eigenvalue weighted by Crippen LogP contribution is 2.26. The van der Waals surface area contributed by atoms with Crippen LogP contribution >= 0.6 is 0 Å². The van der Waals surface area contributed by atoms with Crippen molar-refractivity contribution in [2.24, 2.45) is 5.92 Å². The Kier molecular flexibility index (Phi) is 7.12. The first-order chi connectivity index (χ1) is 11.9. The van der Waals surface area contributed by atoms with E-state index in [1.54, 1.807) is 0 Å². The molecule has 1 saturated carbocycles. The summed E-state index contributed by atoms with van der Waals surface area (Å²) in [6, 6.07) is 0.265. The predicted octanol–water partition coefficient (Wildman–Crippen LogP) is 0.675. The monoisotopic (exact) mass is 369 g/mol. The van der Waals surface area contributed by atoms with Gasteiger partial charge in [-0.25, -0.2) is 23.1 Å². The van der Waals surface area contributed by atoms with E-state index in [1.165, 1.54) is 7.05 Å². The molecular formula is C16H27N5O3S. The zero-order valence-corrected chi connectivity index (χ0v) is 15.6. The van der Waals surface area contributed by atoms with Gasteiger partial charge >= 0.3 is 0 Å². The number of amides is 1. The number of hydrogen-bond donors (Lipinski definition) is 3. The quantitative estimate of drug-likeness (QED) is 0.621. The zero-order chi connectivity index (χ0) is 18.3. The smallest absolute Gasteiger partial charge is 0.223 e. The van der Waals surface area contributed by atoms with Gasteiger partial charge in [-0.05, 0) is 44.7 Å². The van der Waals surface area contributed by atoms with E-state index < -0.39 is 10.0 Å². The van der Waals surface area contributed by atoms with Crippen molar-refractivity contribution in [2.75, 3.05) is 24.7 Å². The lowest BCUT2D eigenvalue weighted by Crippen LogP contribution is -2.39. The average Bonchev–Trinajstić information content (AvgIpc) is 2.63. The first-order valence-electron chi connectivity index (χ1n) is 8.70. The number of aryl methyl sites for hydroxylation is 1. The lowest BCUT2D eigenvalue weighted by molar-refractivity contribution is -0.125. The fraction of sp³-hybridized carbons (Fsp3) is 0.688. The van der Waals surface area contributed by atoms with Gasteiger partial charge in [0.1, 0.15) is 0 Å². The Morgan fingerprint density at radius 3 is 2.40 bits per heavy atom. The Bertz CT molecular complexity index is 655. The second kappa shape index (κ2) is 9.10. The first-order valence-corrected chi connectivity index (χ1v) is 10.3. The number of nitrogens with one attached hydrogen (secondary N) is 3. The Hall–Kier alpha value is -1.74. The van der Waals surface area contributed by atoms with Crippen LogP contribution in [0.25, 0.3) is 0 Å². The summed E-state index contributed by atoms with van der Waals surface area (Å²) in [5, 5.41) is 6.04. The van der Waals surface area contributed by atoms with Gasteiger partial charge in [0.25, 0.3) is 0 Å².